The van der Waals surface area contributed by atoms with Crippen LogP contribution < -0.4 is 0 Å². The van der Waals surface area contributed by atoms with Gasteiger partial charge in [-0.2, -0.15) is 5.82 Å². The third-order valence-corrected chi connectivity index (χ3v) is 5.73. The molecule has 7 nitrogen and oxygen atoms in total. The molecule has 2 fully saturated rings. The van der Waals surface area contributed by atoms with E-state index in [2.05, 4.69) is 6.92 Å². The summed E-state index contributed by atoms with van der Waals surface area (Å²) < 4.78 is 21.7. The summed E-state index contributed by atoms with van der Waals surface area (Å²) in [7, 11) is 7.21. The molecule has 1 heterocycles. The molecule has 1 saturated heterocycles. The largest absolute Gasteiger partial charge is 2.00 e. The zero-order valence-electron chi connectivity index (χ0n) is 20.8. The van der Waals surface area contributed by atoms with Crippen molar-refractivity contribution in [3.8, 4) is 0 Å². The van der Waals surface area contributed by atoms with Crippen LogP contribution in [-0.4, -0.2) is 69.6 Å². The Bertz CT molecular complexity index is 541. The zero-order chi connectivity index (χ0) is 22.8. The molecular weight excluding hydrogens is 634 g/mol. The Morgan fingerprint density at radius 2 is 1.88 bits per heavy atom. The SMILES string of the molecule is [B][C@H]1[CH-][C@H](O)[C@@H](COC)C1.[CH2-]CC(=O)COC1OC(CC)C(OC(C)=O)C(C)C1C.[CH3-].[V+2].[W]. The van der Waals surface area contributed by atoms with Crippen LogP contribution >= 0.6 is 0 Å². The average molecular weight is 674 g/mol. The Balaban J connectivity index is -0.000000592. The number of esters is 1. The second kappa shape index (κ2) is 19.5. The first-order valence-electron chi connectivity index (χ1n) is 10.7. The molecule has 10 heteroatoms. The van der Waals surface area contributed by atoms with E-state index in [-0.39, 0.29) is 114 Å². The summed E-state index contributed by atoms with van der Waals surface area (Å²) in [5.74, 6) is 0.0543. The standard InChI is InChI=1S/C15H25O5.C7H12BO2.CH3.V.W/c1-6-12(17)8-18-15-10(4)9(3)14(19-11(5)16)13(7-2)20-15;1-10-4-5-2-6(8)3-7(5)9;;;/h9-10,13-15H,1,6-8H2,2-5H3;3,5-7,9H,2,4H2,1H3;1H3;;/q3*-1;+2;/t;5-,6-,7+;;;/m.1.../s1. The van der Waals surface area contributed by atoms with Crippen molar-refractivity contribution in [2.75, 3.05) is 20.3 Å². The van der Waals surface area contributed by atoms with Crippen LogP contribution in [0.5, 0.6) is 0 Å². The Morgan fingerprint density at radius 1 is 1.27 bits per heavy atom. The van der Waals surface area contributed by atoms with Gasteiger partial charge in [0.05, 0.1) is 6.10 Å². The van der Waals surface area contributed by atoms with E-state index >= 15 is 0 Å². The molecule has 0 spiro atoms. The van der Waals surface area contributed by atoms with Crippen molar-refractivity contribution in [2.45, 2.75) is 77.4 Å². The first-order chi connectivity index (χ1) is 14.1. The summed E-state index contributed by atoms with van der Waals surface area (Å²) >= 11 is 0. The van der Waals surface area contributed by atoms with Gasteiger partial charge in [0.15, 0.2) is 6.29 Å². The Kier molecular flexibility index (Phi) is 22.4. The number of methoxy groups -OCH3 is 1. The number of carbonyl (C=O) groups excluding carboxylic acids is 2. The third kappa shape index (κ3) is 12.7. The number of ketones is 1. The summed E-state index contributed by atoms with van der Waals surface area (Å²) in [6, 6.07) is 0. The molecular formula is C23H40BO7VW-. The molecule has 0 aromatic rings. The molecule has 2 rings (SSSR count). The molecule has 33 heavy (non-hydrogen) atoms. The van der Waals surface area contributed by atoms with Gasteiger partial charge in [-0.3, -0.25) is 4.79 Å². The molecule has 1 N–H and O–H groups in total. The van der Waals surface area contributed by atoms with Gasteiger partial charge in [0.2, 0.25) is 0 Å². The van der Waals surface area contributed by atoms with Gasteiger partial charge in [-0.05, 0) is 12.3 Å². The molecule has 1 aliphatic heterocycles. The normalized spacial score (nSPS) is 32.7. The first kappa shape index (κ1) is 37.9. The number of aliphatic hydroxyl groups excluding tert-OH is 1. The predicted octanol–water partition coefficient (Wildman–Crippen LogP) is 2.76. The number of ether oxygens (including phenoxy) is 4. The summed E-state index contributed by atoms with van der Waals surface area (Å²) in [5, 5.41) is 9.27. The van der Waals surface area contributed by atoms with Crippen molar-refractivity contribution in [1.29, 1.82) is 0 Å². The fourth-order valence-electron chi connectivity index (χ4n) is 3.76. The van der Waals surface area contributed by atoms with E-state index in [4.69, 9.17) is 26.8 Å². The van der Waals surface area contributed by atoms with Gasteiger partial charge in [0.1, 0.15) is 18.5 Å². The van der Waals surface area contributed by atoms with Crippen molar-refractivity contribution in [1.82, 2.24) is 0 Å². The molecule has 0 aromatic carbocycles. The Labute approximate surface area is 228 Å². The molecule has 1 aliphatic carbocycles. The van der Waals surface area contributed by atoms with E-state index in [1.54, 1.807) is 13.5 Å². The second-order valence-corrected chi connectivity index (χ2v) is 8.14. The van der Waals surface area contributed by atoms with Gasteiger partial charge in [-0.1, -0.05) is 33.3 Å². The van der Waals surface area contributed by atoms with Gasteiger partial charge >= 0.3 is 24.5 Å². The van der Waals surface area contributed by atoms with Gasteiger partial charge in [0, 0.05) is 61.4 Å². The topological polar surface area (TPSA) is 91.3 Å². The molecule has 5 unspecified atom stereocenters. The quantitative estimate of drug-likeness (QED) is 0.241. The third-order valence-electron chi connectivity index (χ3n) is 5.73. The molecule has 189 valence electrons. The van der Waals surface area contributed by atoms with Gasteiger partial charge in [0.25, 0.3) is 0 Å². The smallest absolute Gasteiger partial charge is 0.459 e. The molecule has 0 aromatic heterocycles. The zero-order valence-corrected chi connectivity index (χ0v) is 25.1. The minimum Gasteiger partial charge on any atom is -0.459 e. The Hall–Kier alpha value is 0.318. The molecule has 0 bridgehead atoms. The minimum atomic E-state index is -0.447. The van der Waals surface area contributed by atoms with E-state index < -0.39 is 6.29 Å². The van der Waals surface area contributed by atoms with Gasteiger partial charge in [-0.15, -0.1) is 6.42 Å². The average Bonchev–Trinajstić information content (AvgIpc) is 3.02. The number of rotatable bonds is 8. The van der Waals surface area contributed by atoms with Crippen LogP contribution in [0.25, 0.3) is 0 Å². The van der Waals surface area contributed by atoms with E-state index in [9.17, 15) is 14.7 Å². The molecule has 1 saturated carbocycles. The maximum atomic E-state index is 11.3. The maximum absolute atomic E-state index is 11.3. The number of Topliss-reactive ketones (excluding diaryl/α,β-unsaturated/α-hetero) is 1. The van der Waals surface area contributed by atoms with Crippen molar-refractivity contribution in [3.63, 3.8) is 0 Å². The molecule has 8 atom stereocenters. The van der Waals surface area contributed by atoms with E-state index in [1.807, 2.05) is 20.8 Å². The van der Waals surface area contributed by atoms with E-state index in [0.717, 1.165) is 12.8 Å². The summed E-state index contributed by atoms with van der Waals surface area (Å²) in [6.07, 6.45) is 2.26. The monoisotopic (exact) mass is 674 g/mol. The van der Waals surface area contributed by atoms with Gasteiger partial charge in [-0.25, -0.2) is 0 Å². The summed E-state index contributed by atoms with van der Waals surface area (Å²) in [6.45, 7) is 11.5. The van der Waals surface area contributed by atoms with Crippen molar-refractivity contribution < 1.29 is 73.3 Å². The van der Waals surface area contributed by atoms with Crippen molar-refractivity contribution in [3.05, 3.63) is 20.8 Å². The Morgan fingerprint density at radius 3 is 2.30 bits per heavy atom. The second-order valence-electron chi connectivity index (χ2n) is 8.14. The van der Waals surface area contributed by atoms with Crippen LogP contribution in [-0.2, 0) is 68.2 Å². The van der Waals surface area contributed by atoms with Crippen LogP contribution in [0.15, 0.2) is 0 Å². The molecule has 0 amide bonds. The number of carbonyl (C=O) groups is 2. The van der Waals surface area contributed by atoms with Crippen LogP contribution in [0.1, 0.15) is 47.0 Å². The summed E-state index contributed by atoms with van der Waals surface area (Å²) in [4.78, 5) is 22.5. The first-order valence-corrected chi connectivity index (χ1v) is 10.7. The predicted molar refractivity (Wildman–Crippen MR) is 120 cm³/mol. The maximum Gasteiger partial charge on any atom is 2.00 e. The van der Waals surface area contributed by atoms with E-state index in [1.165, 1.54) is 6.92 Å². The number of aliphatic hydroxyl groups is 1. The van der Waals surface area contributed by atoms with E-state index in [0.29, 0.717) is 6.61 Å². The minimum absolute atomic E-state index is 0. The van der Waals surface area contributed by atoms with Crippen molar-refractivity contribution >= 4 is 19.6 Å². The van der Waals surface area contributed by atoms with Crippen LogP contribution in [0.4, 0.5) is 0 Å². The fraction of sp³-hybridized carbons (Fsp3) is 0.783. The van der Waals surface area contributed by atoms with Crippen LogP contribution in [0, 0.1) is 38.5 Å². The van der Waals surface area contributed by atoms with Gasteiger partial charge < -0.3 is 49.6 Å². The number of hydrogen-bond donors (Lipinski definition) is 1. The van der Waals surface area contributed by atoms with Crippen LogP contribution in [0.2, 0.25) is 5.82 Å². The molecule has 2 aliphatic rings. The fourth-order valence-corrected chi connectivity index (χ4v) is 3.76. The summed E-state index contributed by atoms with van der Waals surface area (Å²) in [5.41, 5.74) is 0. The molecule has 3 radical (unpaired) electrons. The van der Waals surface area contributed by atoms with Crippen molar-refractivity contribution in [2.24, 2.45) is 17.8 Å². The number of hydrogen-bond acceptors (Lipinski definition) is 7. The van der Waals surface area contributed by atoms with Crippen LogP contribution in [0.3, 0.4) is 0 Å².